The number of hydrogen-bond donors (Lipinski definition) is 1. The number of hydrogen-bond acceptors (Lipinski definition) is 3. The van der Waals surface area contributed by atoms with Crippen LogP contribution in [0.25, 0.3) is 0 Å². The number of nitrogens with zero attached hydrogens (tertiary/aromatic N) is 2. The van der Waals surface area contributed by atoms with Crippen LogP contribution < -0.4 is 5.32 Å². The molecular weight excluding hydrogens is 202 g/mol. The molecule has 0 aliphatic rings. The van der Waals surface area contributed by atoms with Crippen molar-refractivity contribution < 1.29 is 4.74 Å². The van der Waals surface area contributed by atoms with E-state index in [1.807, 2.05) is 12.4 Å². The van der Waals surface area contributed by atoms with E-state index in [0.29, 0.717) is 6.04 Å². The Morgan fingerprint density at radius 2 is 2.25 bits per heavy atom. The molecular formula is C12H23N3O. The first-order valence-corrected chi connectivity index (χ1v) is 6.08. The number of nitrogens with one attached hydrogen (secondary N) is 1. The van der Waals surface area contributed by atoms with Crippen molar-refractivity contribution in [1.29, 1.82) is 0 Å². The van der Waals surface area contributed by atoms with Gasteiger partial charge < -0.3 is 14.6 Å². The molecule has 1 atom stereocenters. The number of ether oxygens (including phenoxy) is 1. The van der Waals surface area contributed by atoms with Gasteiger partial charge in [0.25, 0.3) is 0 Å². The molecule has 0 aromatic carbocycles. The second kappa shape index (κ2) is 7.28. The predicted octanol–water partition coefficient (Wildman–Crippen LogP) is 2.52. The summed E-state index contributed by atoms with van der Waals surface area (Å²) in [7, 11) is 1.74. The Morgan fingerprint density at radius 1 is 1.44 bits per heavy atom. The molecule has 1 heterocycles. The maximum Gasteiger partial charge on any atom is 0.203 e. The zero-order chi connectivity index (χ0) is 11.8. The average molecular weight is 225 g/mol. The van der Waals surface area contributed by atoms with Crippen LogP contribution in [0.4, 0.5) is 5.95 Å². The summed E-state index contributed by atoms with van der Waals surface area (Å²) in [6.45, 7) is 6.09. The Kier molecular flexibility index (Phi) is 5.93. The molecule has 92 valence electrons. The van der Waals surface area contributed by atoms with E-state index in [4.69, 9.17) is 4.74 Å². The molecule has 0 aliphatic heterocycles. The predicted molar refractivity (Wildman–Crippen MR) is 66.7 cm³/mol. The maximum atomic E-state index is 5.21. The van der Waals surface area contributed by atoms with Gasteiger partial charge in [-0.1, -0.05) is 20.3 Å². The zero-order valence-electron chi connectivity index (χ0n) is 10.6. The highest BCUT2D eigenvalue weighted by Crippen LogP contribution is 2.10. The highest BCUT2D eigenvalue weighted by molar-refractivity contribution is 5.27. The summed E-state index contributed by atoms with van der Waals surface area (Å²) in [5.74, 6) is 0.956. The van der Waals surface area contributed by atoms with Gasteiger partial charge in [-0.3, -0.25) is 0 Å². The summed E-state index contributed by atoms with van der Waals surface area (Å²) < 4.78 is 7.36. The van der Waals surface area contributed by atoms with Gasteiger partial charge in [-0.15, -0.1) is 0 Å². The van der Waals surface area contributed by atoms with Gasteiger partial charge in [0.05, 0.1) is 12.6 Å². The largest absolute Gasteiger partial charge is 0.383 e. The van der Waals surface area contributed by atoms with Gasteiger partial charge in [-0.25, -0.2) is 4.98 Å². The van der Waals surface area contributed by atoms with Crippen molar-refractivity contribution >= 4 is 5.95 Å². The van der Waals surface area contributed by atoms with Crippen LogP contribution in [0.3, 0.4) is 0 Å². The van der Waals surface area contributed by atoms with Crippen LogP contribution in [0.15, 0.2) is 12.4 Å². The van der Waals surface area contributed by atoms with Crippen LogP contribution in [-0.2, 0) is 11.3 Å². The molecule has 1 N–H and O–H groups in total. The van der Waals surface area contributed by atoms with Crippen molar-refractivity contribution in [2.75, 3.05) is 19.0 Å². The number of imidazole rings is 1. The van der Waals surface area contributed by atoms with Gasteiger partial charge >= 0.3 is 0 Å². The van der Waals surface area contributed by atoms with E-state index in [1.165, 1.54) is 0 Å². The molecule has 0 amide bonds. The Hall–Kier alpha value is -1.03. The quantitative estimate of drug-likeness (QED) is 0.739. The zero-order valence-corrected chi connectivity index (χ0v) is 10.6. The lowest BCUT2D eigenvalue weighted by Gasteiger charge is -2.18. The summed E-state index contributed by atoms with van der Waals surface area (Å²) >= 11 is 0. The summed E-state index contributed by atoms with van der Waals surface area (Å²) in [4.78, 5) is 4.34. The highest BCUT2D eigenvalue weighted by atomic mass is 16.5. The third kappa shape index (κ3) is 3.85. The smallest absolute Gasteiger partial charge is 0.203 e. The van der Waals surface area contributed by atoms with Crippen molar-refractivity contribution in [2.24, 2.45) is 0 Å². The van der Waals surface area contributed by atoms with E-state index in [0.717, 1.165) is 38.4 Å². The van der Waals surface area contributed by atoms with Gasteiger partial charge in [0.1, 0.15) is 0 Å². The van der Waals surface area contributed by atoms with E-state index in [-0.39, 0.29) is 0 Å². The minimum Gasteiger partial charge on any atom is -0.383 e. The fourth-order valence-electron chi connectivity index (χ4n) is 1.80. The van der Waals surface area contributed by atoms with Crippen LogP contribution in [0.1, 0.15) is 33.1 Å². The van der Waals surface area contributed by atoms with Crippen LogP contribution in [-0.4, -0.2) is 29.3 Å². The fraction of sp³-hybridized carbons (Fsp3) is 0.750. The molecule has 0 fully saturated rings. The van der Waals surface area contributed by atoms with Gasteiger partial charge in [0, 0.05) is 26.0 Å². The molecule has 4 heteroatoms. The molecule has 0 saturated heterocycles. The normalized spacial score (nSPS) is 12.7. The molecule has 1 aromatic rings. The lowest BCUT2D eigenvalue weighted by Crippen LogP contribution is -2.26. The SMILES string of the molecule is CCCC(COC)Nc1nccn1CCC. The second-order valence-corrected chi connectivity index (χ2v) is 4.03. The van der Waals surface area contributed by atoms with Gasteiger partial charge in [0.15, 0.2) is 0 Å². The topological polar surface area (TPSA) is 39.1 Å². The maximum absolute atomic E-state index is 5.21. The van der Waals surface area contributed by atoms with Gasteiger partial charge in [-0.05, 0) is 12.8 Å². The van der Waals surface area contributed by atoms with Gasteiger partial charge in [-0.2, -0.15) is 0 Å². The van der Waals surface area contributed by atoms with Crippen LogP contribution in [0.2, 0.25) is 0 Å². The molecule has 0 bridgehead atoms. The highest BCUT2D eigenvalue weighted by Gasteiger charge is 2.10. The Labute approximate surface area is 98.0 Å². The van der Waals surface area contributed by atoms with Gasteiger partial charge in [0.2, 0.25) is 5.95 Å². The molecule has 1 aromatic heterocycles. The average Bonchev–Trinajstić information content (AvgIpc) is 2.67. The molecule has 0 spiro atoms. The lowest BCUT2D eigenvalue weighted by molar-refractivity contribution is 0.182. The van der Waals surface area contributed by atoms with E-state index < -0.39 is 0 Å². The summed E-state index contributed by atoms with van der Waals surface area (Å²) in [6.07, 6.45) is 7.23. The summed E-state index contributed by atoms with van der Waals surface area (Å²) in [6, 6.07) is 0.355. The number of aromatic nitrogens is 2. The first-order valence-electron chi connectivity index (χ1n) is 6.08. The molecule has 0 saturated carbocycles. The van der Waals surface area contributed by atoms with Crippen LogP contribution in [0, 0.1) is 0 Å². The van der Waals surface area contributed by atoms with E-state index >= 15 is 0 Å². The van der Waals surface area contributed by atoms with E-state index in [1.54, 1.807) is 7.11 Å². The van der Waals surface area contributed by atoms with Crippen molar-refractivity contribution in [1.82, 2.24) is 9.55 Å². The summed E-state index contributed by atoms with van der Waals surface area (Å²) in [5, 5.41) is 3.44. The molecule has 0 radical (unpaired) electrons. The molecule has 0 aliphatic carbocycles. The minimum absolute atomic E-state index is 0.355. The first-order chi connectivity index (χ1) is 7.81. The Balaban J connectivity index is 2.57. The van der Waals surface area contributed by atoms with Crippen molar-refractivity contribution in [2.45, 2.75) is 45.7 Å². The number of methoxy groups -OCH3 is 1. The number of rotatable bonds is 8. The number of anilines is 1. The fourth-order valence-corrected chi connectivity index (χ4v) is 1.80. The molecule has 4 nitrogen and oxygen atoms in total. The van der Waals surface area contributed by atoms with Crippen LogP contribution in [0.5, 0.6) is 0 Å². The monoisotopic (exact) mass is 225 g/mol. The lowest BCUT2D eigenvalue weighted by atomic mass is 10.2. The second-order valence-electron chi connectivity index (χ2n) is 4.03. The van der Waals surface area contributed by atoms with Crippen molar-refractivity contribution in [3.05, 3.63) is 12.4 Å². The van der Waals surface area contributed by atoms with Crippen molar-refractivity contribution in [3.8, 4) is 0 Å². The third-order valence-electron chi connectivity index (χ3n) is 2.52. The van der Waals surface area contributed by atoms with E-state index in [9.17, 15) is 0 Å². The Bertz CT molecular complexity index is 280. The van der Waals surface area contributed by atoms with Crippen LogP contribution >= 0.6 is 0 Å². The van der Waals surface area contributed by atoms with E-state index in [2.05, 4.69) is 28.7 Å². The minimum atomic E-state index is 0.355. The van der Waals surface area contributed by atoms with Crippen molar-refractivity contribution in [3.63, 3.8) is 0 Å². The first kappa shape index (κ1) is 13.0. The molecule has 1 rings (SSSR count). The Morgan fingerprint density at radius 3 is 2.88 bits per heavy atom. The standard InChI is InChI=1S/C12H23N3O/c1-4-6-11(10-16-3)14-12-13-7-9-15(12)8-5-2/h7,9,11H,4-6,8,10H2,1-3H3,(H,13,14). The number of aryl methyl sites for hydroxylation is 1. The summed E-state index contributed by atoms with van der Waals surface area (Å²) in [5.41, 5.74) is 0. The molecule has 1 unspecified atom stereocenters. The third-order valence-corrected chi connectivity index (χ3v) is 2.52. The molecule has 16 heavy (non-hydrogen) atoms.